The quantitative estimate of drug-likeness (QED) is 0.730. The predicted octanol–water partition coefficient (Wildman–Crippen LogP) is -0.119. The second-order valence-electron chi connectivity index (χ2n) is 6.27. The monoisotopic (exact) mass is 367 g/mol. The Kier molecular flexibility index (Phi) is 6.91. The normalized spacial score (nSPS) is 16.2. The molecule has 1 fully saturated rings. The Hall–Kier alpha value is -1.97. The van der Waals surface area contributed by atoms with E-state index in [1.54, 1.807) is 30.4 Å². The molecule has 25 heavy (non-hydrogen) atoms. The van der Waals surface area contributed by atoms with Crippen LogP contribution in [0.2, 0.25) is 0 Å². The molecule has 1 aromatic heterocycles. The Morgan fingerprint density at radius 3 is 2.40 bits per heavy atom. The van der Waals surface area contributed by atoms with Crippen LogP contribution in [0.3, 0.4) is 0 Å². The number of amides is 3. The van der Waals surface area contributed by atoms with E-state index in [9.17, 15) is 14.4 Å². The summed E-state index contributed by atoms with van der Waals surface area (Å²) in [7, 11) is 3.50. The smallest absolute Gasteiger partial charge is 0.251 e. The van der Waals surface area contributed by atoms with E-state index in [2.05, 4.69) is 15.1 Å². The van der Waals surface area contributed by atoms with Gasteiger partial charge >= 0.3 is 0 Å². The molecule has 1 aliphatic heterocycles. The topological polar surface area (TPSA) is 99.0 Å². The highest BCUT2D eigenvalue weighted by atomic mass is 32.1. The first-order valence-corrected chi connectivity index (χ1v) is 9.07. The summed E-state index contributed by atoms with van der Waals surface area (Å²) >= 11 is 1.28. The third kappa shape index (κ3) is 5.80. The van der Waals surface area contributed by atoms with Crippen molar-refractivity contribution in [1.29, 1.82) is 0 Å². The predicted molar refractivity (Wildman–Crippen MR) is 97.7 cm³/mol. The molecule has 9 heteroatoms. The highest BCUT2D eigenvalue weighted by Crippen LogP contribution is 2.22. The van der Waals surface area contributed by atoms with Crippen LogP contribution in [0.15, 0.2) is 11.4 Å². The van der Waals surface area contributed by atoms with Crippen molar-refractivity contribution in [3.8, 4) is 0 Å². The minimum absolute atomic E-state index is 0.0860. The Bertz CT molecular complexity index is 631. The number of rotatable bonds is 6. The molecule has 8 nitrogen and oxygen atoms in total. The van der Waals surface area contributed by atoms with Gasteiger partial charge < -0.3 is 16.0 Å². The molecule has 0 bridgehead atoms. The van der Waals surface area contributed by atoms with Crippen molar-refractivity contribution in [2.75, 3.05) is 58.7 Å². The average Bonchev–Trinajstić information content (AvgIpc) is 2.89. The van der Waals surface area contributed by atoms with Crippen molar-refractivity contribution in [3.05, 3.63) is 17.0 Å². The molecule has 3 N–H and O–H groups in total. The number of nitrogens with two attached hydrogens (primary N) is 1. The number of hydrogen-bond donors (Lipinski definition) is 2. The van der Waals surface area contributed by atoms with Gasteiger partial charge in [-0.15, -0.1) is 11.3 Å². The molecule has 2 heterocycles. The van der Waals surface area contributed by atoms with Crippen LogP contribution < -0.4 is 11.1 Å². The standard InChI is InChI=1S/C16H25N5O3S/c1-19(2)14(23)11-21-6-3-5-20(7-8-21)10-13(22)18-16-12(15(17)24)4-9-25-16/h4,9H,3,5-8,10-11H2,1-2H3,(H2,17,24)(H,18,22). The van der Waals surface area contributed by atoms with E-state index >= 15 is 0 Å². The summed E-state index contributed by atoms with van der Waals surface area (Å²) in [6, 6.07) is 1.61. The number of anilines is 1. The van der Waals surface area contributed by atoms with Crippen molar-refractivity contribution in [2.24, 2.45) is 5.73 Å². The van der Waals surface area contributed by atoms with Crippen LogP contribution in [0, 0.1) is 0 Å². The lowest BCUT2D eigenvalue weighted by atomic mass is 10.3. The molecular formula is C16H25N5O3S. The van der Waals surface area contributed by atoms with Gasteiger partial charge in [-0.2, -0.15) is 0 Å². The van der Waals surface area contributed by atoms with Gasteiger partial charge in [0.1, 0.15) is 5.00 Å². The van der Waals surface area contributed by atoms with E-state index in [0.29, 0.717) is 17.1 Å². The van der Waals surface area contributed by atoms with Gasteiger partial charge in [-0.1, -0.05) is 0 Å². The zero-order valence-corrected chi connectivity index (χ0v) is 15.5. The average molecular weight is 367 g/mol. The molecule has 0 aromatic carbocycles. The number of thiophene rings is 1. The Morgan fingerprint density at radius 1 is 1.16 bits per heavy atom. The molecule has 138 valence electrons. The number of nitrogens with zero attached hydrogens (tertiary/aromatic N) is 3. The number of carbonyl (C=O) groups is 3. The summed E-state index contributed by atoms with van der Waals surface area (Å²) in [5.74, 6) is -0.627. The zero-order valence-electron chi connectivity index (χ0n) is 14.7. The maximum Gasteiger partial charge on any atom is 0.251 e. The van der Waals surface area contributed by atoms with Gasteiger partial charge in [0.2, 0.25) is 11.8 Å². The van der Waals surface area contributed by atoms with Crippen LogP contribution >= 0.6 is 11.3 Å². The number of nitrogens with one attached hydrogen (secondary N) is 1. The van der Waals surface area contributed by atoms with Crippen LogP contribution in [0.4, 0.5) is 5.00 Å². The van der Waals surface area contributed by atoms with E-state index in [1.165, 1.54) is 11.3 Å². The maximum atomic E-state index is 12.2. The van der Waals surface area contributed by atoms with Crippen molar-refractivity contribution < 1.29 is 14.4 Å². The van der Waals surface area contributed by atoms with E-state index < -0.39 is 5.91 Å². The van der Waals surface area contributed by atoms with Gasteiger partial charge in [0, 0.05) is 27.2 Å². The fourth-order valence-corrected chi connectivity index (χ4v) is 3.45. The summed E-state index contributed by atoms with van der Waals surface area (Å²) in [4.78, 5) is 41.1. The number of likely N-dealkylation sites (N-methyl/N-ethyl adjacent to an activating group) is 1. The SMILES string of the molecule is CN(C)C(=O)CN1CCCN(CC(=O)Nc2sccc2C(N)=O)CC1. The molecule has 2 rings (SSSR count). The van der Waals surface area contributed by atoms with Gasteiger partial charge in [-0.05, 0) is 31.0 Å². The Balaban J connectivity index is 1.82. The first-order valence-electron chi connectivity index (χ1n) is 8.19. The first kappa shape index (κ1) is 19.4. The number of carbonyl (C=O) groups excluding carboxylic acids is 3. The molecule has 0 unspecified atom stereocenters. The third-order valence-corrected chi connectivity index (χ3v) is 4.92. The van der Waals surface area contributed by atoms with Crippen molar-refractivity contribution in [3.63, 3.8) is 0 Å². The minimum Gasteiger partial charge on any atom is -0.366 e. The lowest BCUT2D eigenvalue weighted by Crippen LogP contribution is -2.39. The van der Waals surface area contributed by atoms with E-state index in [4.69, 9.17) is 5.73 Å². The van der Waals surface area contributed by atoms with Crippen molar-refractivity contribution >= 4 is 34.1 Å². The molecule has 3 amide bonds. The van der Waals surface area contributed by atoms with Crippen molar-refractivity contribution in [2.45, 2.75) is 6.42 Å². The van der Waals surface area contributed by atoms with Crippen LogP contribution in [0.1, 0.15) is 16.8 Å². The summed E-state index contributed by atoms with van der Waals surface area (Å²) < 4.78 is 0. The summed E-state index contributed by atoms with van der Waals surface area (Å²) in [5.41, 5.74) is 5.62. The van der Waals surface area contributed by atoms with E-state index in [0.717, 1.165) is 32.6 Å². The van der Waals surface area contributed by atoms with Crippen LogP contribution in [0.5, 0.6) is 0 Å². The Morgan fingerprint density at radius 2 is 1.80 bits per heavy atom. The zero-order chi connectivity index (χ0) is 18.4. The highest BCUT2D eigenvalue weighted by molar-refractivity contribution is 7.14. The molecule has 0 radical (unpaired) electrons. The fourth-order valence-electron chi connectivity index (χ4n) is 2.64. The minimum atomic E-state index is -0.549. The molecule has 0 saturated carbocycles. The lowest BCUT2D eigenvalue weighted by molar-refractivity contribution is -0.129. The Labute approximate surface area is 151 Å². The summed E-state index contributed by atoms with van der Waals surface area (Å²) in [6.45, 7) is 3.77. The molecule has 1 saturated heterocycles. The highest BCUT2D eigenvalue weighted by Gasteiger charge is 2.20. The van der Waals surface area contributed by atoms with Gasteiger partial charge in [0.15, 0.2) is 0 Å². The van der Waals surface area contributed by atoms with Gasteiger partial charge in [0.05, 0.1) is 18.7 Å². The van der Waals surface area contributed by atoms with Crippen LogP contribution in [-0.2, 0) is 9.59 Å². The van der Waals surface area contributed by atoms with Gasteiger partial charge in [-0.25, -0.2) is 0 Å². The second kappa shape index (κ2) is 8.93. The van der Waals surface area contributed by atoms with E-state index in [1.807, 2.05) is 0 Å². The maximum absolute atomic E-state index is 12.2. The number of primary amides is 1. The largest absolute Gasteiger partial charge is 0.366 e. The molecule has 0 spiro atoms. The molecular weight excluding hydrogens is 342 g/mol. The van der Waals surface area contributed by atoms with Gasteiger partial charge in [-0.3, -0.25) is 24.2 Å². The van der Waals surface area contributed by atoms with Crippen LogP contribution in [-0.4, -0.2) is 85.8 Å². The molecule has 0 atom stereocenters. The number of hydrogen-bond acceptors (Lipinski definition) is 6. The molecule has 1 aromatic rings. The van der Waals surface area contributed by atoms with Crippen molar-refractivity contribution in [1.82, 2.24) is 14.7 Å². The summed E-state index contributed by atoms with van der Waals surface area (Å²) in [6.07, 6.45) is 0.902. The second-order valence-corrected chi connectivity index (χ2v) is 7.19. The third-order valence-electron chi connectivity index (χ3n) is 4.09. The van der Waals surface area contributed by atoms with Gasteiger partial charge in [0.25, 0.3) is 5.91 Å². The lowest BCUT2D eigenvalue weighted by Gasteiger charge is -2.22. The molecule has 1 aliphatic rings. The first-order chi connectivity index (χ1) is 11.9. The fraction of sp³-hybridized carbons (Fsp3) is 0.562. The van der Waals surface area contributed by atoms with Crippen LogP contribution in [0.25, 0.3) is 0 Å². The van der Waals surface area contributed by atoms with E-state index in [-0.39, 0.29) is 18.4 Å². The summed E-state index contributed by atoms with van der Waals surface area (Å²) in [5, 5.41) is 4.98. The molecule has 0 aliphatic carbocycles.